The Morgan fingerprint density at radius 2 is 1.27 bits per heavy atom. The molecular formula is C13H13ClO. The van der Waals surface area contributed by atoms with Gasteiger partial charge in [0.2, 0.25) is 0 Å². The van der Waals surface area contributed by atoms with E-state index in [1.165, 1.54) is 11.1 Å². The molecule has 0 aliphatic carbocycles. The minimum atomic E-state index is 0. The summed E-state index contributed by atoms with van der Waals surface area (Å²) in [4.78, 5) is 0. The lowest BCUT2D eigenvalue weighted by atomic mass is 10.1. The molecule has 1 nitrogen and oxygen atoms in total. The maximum Gasteiger partial charge on any atom is 0.118 e. The van der Waals surface area contributed by atoms with Crippen molar-refractivity contribution in [1.29, 1.82) is 0 Å². The van der Waals surface area contributed by atoms with Crippen molar-refractivity contribution in [3.63, 3.8) is 0 Å². The van der Waals surface area contributed by atoms with Crippen molar-refractivity contribution in [3.05, 3.63) is 54.6 Å². The Labute approximate surface area is 96.1 Å². The van der Waals surface area contributed by atoms with Gasteiger partial charge in [-0.3, -0.25) is 0 Å². The van der Waals surface area contributed by atoms with Gasteiger partial charge in [0.1, 0.15) is 5.75 Å². The molecule has 0 aliphatic heterocycles. The Balaban J connectivity index is 0.00000112. The summed E-state index contributed by atoms with van der Waals surface area (Å²) in [7, 11) is 1.68. The molecule has 0 heterocycles. The summed E-state index contributed by atoms with van der Waals surface area (Å²) in [6.07, 6.45) is 0. The Kier molecular flexibility index (Phi) is 4.19. The fourth-order valence-electron chi connectivity index (χ4n) is 1.41. The molecule has 0 unspecified atom stereocenters. The van der Waals surface area contributed by atoms with Crippen LogP contribution in [0.25, 0.3) is 11.1 Å². The topological polar surface area (TPSA) is 9.23 Å². The van der Waals surface area contributed by atoms with Gasteiger partial charge < -0.3 is 4.74 Å². The number of ether oxygens (including phenoxy) is 1. The average molecular weight is 221 g/mol. The number of benzene rings is 2. The van der Waals surface area contributed by atoms with Crippen molar-refractivity contribution >= 4 is 12.4 Å². The van der Waals surface area contributed by atoms with E-state index in [-0.39, 0.29) is 12.4 Å². The van der Waals surface area contributed by atoms with Crippen molar-refractivity contribution in [1.82, 2.24) is 0 Å². The summed E-state index contributed by atoms with van der Waals surface area (Å²) in [6.45, 7) is 0. The first-order chi connectivity index (χ1) is 6.90. The Bertz CT molecular complexity index is 395. The van der Waals surface area contributed by atoms with E-state index >= 15 is 0 Å². The Morgan fingerprint density at radius 1 is 0.733 bits per heavy atom. The molecule has 0 amide bonds. The molecule has 2 aromatic rings. The van der Waals surface area contributed by atoms with E-state index in [0.29, 0.717) is 0 Å². The lowest BCUT2D eigenvalue weighted by Gasteiger charge is -2.02. The van der Waals surface area contributed by atoms with Gasteiger partial charge in [0.25, 0.3) is 0 Å². The van der Waals surface area contributed by atoms with Crippen LogP contribution in [0.1, 0.15) is 0 Å². The third kappa shape index (κ3) is 2.74. The van der Waals surface area contributed by atoms with Gasteiger partial charge in [0.05, 0.1) is 7.11 Å². The van der Waals surface area contributed by atoms with E-state index < -0.39 is 0 Å². The standard InChI is InChI=1S/C13H12O.ClH/c1-14-13-9-7-12(8-10-13)11-5-3-2-4-6-11;/h2-10H,1H3;1H. The zero-order valence-corrected chi connectivity index (χ0v) is 9.33. The van der Waals surface area contributed by atoms with Crippen molar-refractivity contribution < 1.29 is 4.74 Å². The third-order valence-corrected chi connectivity index (χ3v) is 2.20. The zero-order valence-electron chi connectivity index (χ0n) is 8.51. The first-order valence-electron chi connectivity index (χ1n) is 4.59. The average Bonchev–Trinajstić information content (AvgIpc) is 2.30. The van der Waals surface area contributed by atoms with E-state index in [4.69, 9.17) is 4.74 Å². The second-order valence-electron chi connectivity index (χ2n) is 3.09. The van der Waals surface area contributed by atoms with Crippen LogP contribution in [0.5, 0.6) is 5.75 Å². The first-order valence-corrected chi connectivity index (χ1v) is 4.59. The molecule has 0 spiro atoms. The molecule has 0 N–H and O–H groups in total. The molecule has 2 heteroatoms. The summed E-state index contributed by atoms with van der Waals surface area (Å²) in [5, 5.41) is 0. The summed E-state index contributed by atoms with van der Waals surface area (Å²) < 4.78 is 5.11. The number of hydrogen-bond acceptors (Lipinski definition) is 1. The molecule has 0 aromatic heterocycles. The number of halogens is 1. The van der Waals surface area contributed by atoms with Gasteiger partial charge in [-0.15, -0.1) is 12.4 Å². The number of methoxy groups -OCH3 is 1. The van der Waals surface area contributed by atoms with Crippen LogP contribution >= 0.6 is 12.4 Å². The van der Waals surface area contributed by atoms with Crippen LogP contribution < -0.4 is 4.74 Å². The van der Waals surface area contributed by atoms with Crippen LogP contribution in [-0.4, -0.2) is 7.11 Å². The van der Waals surface area contributed by atoms with Gasteiger partial charge in [-0.25, -0.2) is 0 Å². The molecule has 0 radical (unpaired) electrons. The maximum absolute atomic E-state index is 5.11. The lowest BCUT2D eigenvalue weighted by Crippen LogP contribution is -1.82. The normalized spacial score (nSPS) is 9.13. The van der Waals surface area contributed by atoms with Crippen molar-refractivity contribution in [2.45, 2.75) is 0 Å². The second kappa shape index (κ2) is 5.42. The highest BCUT2D eigenvalue weighted by molar-refractivity contribution is 5.85. The molecule has 2 aromatic carbocycles. The summed E-state index contributed by atoms with van der Waals surface area (Å²) in [6, 6.07) is 18.4. The molecule has 0 saturated carbocycles. The van der Waals surface area contributed by atoms with Crippen LogP contribution in [-0.2, 0) is 0 Å². The van der Waals surface area contributed by atoms with Crippen molar-refractivity contribution in [2.75, 3.05) is 7.11 Å². The predicted octanol–water partition coefficient (Wildman–Crippen LogP) is 3.78. The minimum Gasteiger partial charge on any atom is -0.497 e. The molecule has 15 heavy (non-hydrogen) atoms. The predicted molar refractivity (Wildman–Crippen MR) is 65.7 cm³/mol. The molecule has 0 fully saturated rings. The first kappa shape index (κ1) is 11.6. The molecule has 0 atom stereocenters. The van der Waals surface area contributed by atoms with E-state index in [1.807, 2.05) is 30.3 Å². The fourth-order valence-corrected chi connectivity index (χ4v) is 1.41. The van der Waals surface area contributed by atoms with E-state index in [1.54, 1.807) is 7.11 Å². The molecule has 0 saturated heterocycles. The second-order valence-corrected chi connectivity index (χ2v) is 3.09. The highest BCUT2D eigenvalue weighted by Gasteiger charge is 1.95. The molecule has 2 rings (SSSR count). The van der Waals surface area contributed by atoms with Crippen molar-refractivity contribution in [2.24, 2.45) is 0 Å². The van der Waals surface area contributed by atoms with Gasteiger partial charge >= 0.3 is 0 Å². The van der Waals surface area contributed by atoms with Gasteiger partial charge in [0, 0.05) is 0 Å². The molecule has 0 bridgehead atoms. The van der Waals surface area contributed by atoms with Crippen LogP contribution in [0.15, 0.2) is 54.6 Å². The zero-order chi connectivity index (χ0) is 9.80. The van der Waals surface area contributed by atoms with E-state index in [2.05, 4.69) is 24.3 Å². The van der Waals surface area contributed by atoms with E-state index in [9.17, 15) is 0 Å². The quantitative estimate of drug-likeness (QED) is 0.749. The smallest absolute Gasteiger partial charge is 0.118 e. The summed E-state index contributed by atoms with van der Waals surface area (Å²) in [5.41, 5.74) is 2.45. The number of rotatable bonds is 2. The molecule has 0 aliphatic rings. The summed E-state index contributed by atoms with van der Waals surface area (Å²) in [5.74, 6) is 0.893. The van der Waals surface area contributed by atoms with Crippen LogP contribution in [0.2, 0.25) is 0 Å². The lowest BCUT2D eigenvalue weighted by molar-refractivity contribution is 0.415. The number of hydrogen-bond donors (Lipinski definition) is 0. The van der Waals surface area contributed by atoms with Crippen LogP contribution in [0.3, 0.4) is 0 Å². The van der Waals surface area contributed by atoms with Gasteiger partial charge in [-0.05, 0) is 23.3 Å². The Hall–Kier alpha value is -1.47. The maximum atomic E-state index is 5.11. The highest BCUT2D eigenvalue weighted by atomic mass is 35.5. The SMILES string of the molecule is COc1ccc(-c2ccccc2)cc1.Cl. The summed E-state index contributed by atoms with van der Waals surface area (Å²) >= 11 is 0. The molecular weight excluding hydrogens is 208 g/mol. The minimum absolute atomic E-state index is 0. The highest BCUT2D eigenvalue weighted by Crippen LogP contribution is 2.21. The fraction of sp³-hybridized carbons (Fsp3) is 0.0769. The monoisotopic (exact) mass is 220 g/mol. The third-order valence-electron chi connectivity index (χ3n) is 2.20. The Morgan fingerprint density at radius 3 is 1.80 bits per heavy atom. The van der Waals surface area contributed by atoms with Gasteiger partial charge in [-0.1, -0.05) is 42.5 Å². The van der Waals surface area contributed by atoms with Crippen molar-refractivity contribution in [3.8, 4) is 16.9 Å². The van der Waals surface area contributed by atoms with Gasteiger partial charge in [0.15, 0.2) is 0 Å². The van der Waals surface area contributed by atoms with E-state index in [0.717, 1.165) is 5.75 Å². The van der Waals surface area contributed by atoms with Crippen LogP contribution in [0, 0.1) is 0 Å². The van der Waals surface area contributed by atoms with Gasteiger partial charge in [-0.2, -0.15) is 0 Å². The largest absolute Gasteiger partial charge is 0.497 e. The van der Waals surface area contributed by atoms with Crippen LogP contribution in [0.4, 0.5) is 0 Å². The molecule has 78 valence electrons.